The molecule has 0 atom stereocenters. The number of carbonyl (C=O) groups is 3. The lowest BCUT2D eigenvalue weighted by molar-refractivity contribution is -0.137. The summed E-state index contributed by atoms with van der Waals surface area (Å²) in [6, 6.07) is 10.0. The van der Waals surface area contributed by atoms with Crippen LogP contribution in [0.2, 0.25) is 0 Å². The summed E-state index contributed by atoms with van der Waals surface area (Å²) in [5.41, 5.74) is 4.19. The van der Waals surface area contributed by atoms with E-state index in [0.717, 1.165) is 35.5 Å². The topological polar surface area (TPSA) is 80.6 Å². The second-order valence-electron chi connectivity index (χ2n) is 7.62. The molecule has 0 bridgehead atoms. The highest BCUT2D eigenvalue weighted by atomic mass is 16.5. The summed E-state index contributed by atoms with van der Waals surface area (Å²) in [5, 5.41) is 2.82. The number of nitrogens with one attached hydrogen (secondary N) is 1. The molecule has 1 saturated carbocycles. The average Bonchev–Trinajstić information content (AvgIpc) is 3.43. The minimum atomic E-state index is -0.555. The van der Waals surface area contributed by atoms with Crippen LogP contribution in [0.25, 0.3) is 5.69 Å². The fraction of sp³-hybridized carbons (Fsp3) is 0.409. The van der Waals surface area contributed by atoms with Gasteiger partial charge in [-0.2, -0.15) is 0 Å². The average molecular weight is 397 g/mol. The Morgan fingerprint density at radius 3 is 2.41 bits per heavy atom. The number of aryl methyl sites for hydroxylation is 2. The van der Waals surface area contributed by atoms with Crippen molar-refractivity contribution in [2.24, 2.45) is 0 Å². The van der Waals surface area contributed by atoms with Crippen LogP contribution >= 0.6 is 0 Å². The van der Waals surface area contributed by atoms with Gasteiger partial charge in [0.25, 0.3) is 5.91 Å². The highest BCUT2D eigenvalue weighted by Crippen LogP contribution is 2.22. The monoisotopic (exact) mass is 397 g/mol. The van der Waals surface area contributed by atoms with Crippen molar-refractivity contribution in [2.75, 3.05) is 20.2 Å². The molecule has 1 aromatic carbocycles. The molecule has 0 saturated heterocycles. The van der Waals surface area contributed by atoms with Gasteiger partial charge in [0.05, 0.1) is 12.1 Å². The van der Waals surface area contributed by atoms with Gasteiger partial charge in [0, 0.05) is 30.2 Å². The Bertz CT molecular complexity index is 926. The van der Waals surface area contributed by atoms with Crippen molar-refractivity contribution in [3.05, 3.63) is 52.8 Å². The quantitative estimate of drug-likeness (QED) is 0.727. The van der Waals surface area contributed by atoms with Crippen molar-refractivity contribution >= 4 is 17.8 Å². The van der Waals surface area contributed by atoms with Crippen molar-refractivity contribution in [3.63, 3.8) is 0 Å². The van der Waals surface area contributed by atoms with Gasteiger partial charge in [-0.1, -0.05) is 17.7 Å². The zero-order chi connectivity index (χ0) is 21.1. The first-order valence-electron chi connectivity index (χ1n) is 9.72. The minimum Gasteiger partial charge on any atom is -0.452 e. The molecule has 29 heavy (non-hydrogen) atoms. The SMILES string of the molecule is Cc1ccc(-n2c(C)cc(C(=O)OCC(=O)N(C)CC(=O)NC3CC3)c2C)cc1. The third-order valence-corrected chi connectivity index (χ3v) is 5.02. The van der Waals surface area contributed by atoms with Gasteiger partial charge in [-0.3, -0.25) is 9.59 Å². The van der Waals surface area contributed by atoms with E-state index in [-0.39, 0.29) is 18.5 Å². The van der Waals surface area contributed by atoms with E-state index in [0.29, 0.717) is 5.56 Å². The summed E-state index contributed by atoms with van der Waals surface area (Å²) in [5.74, 6) is -1.17. The number of ether oxygens (including phenoxy) is 1. The van der Waals surface area contributed by atoms with Crippen molar-refractivity contribution in [3.8, 4) is 5.69 Å². The smallest absolute Gasteiger partial charge is 0.340 e. The van der Waals surface area contributed by atoms with Crippen LogP contribution in [0.5, 0.6) is 0 Å². The zero-order valence-corrected chi connectivity index (χ0v) is 17.3. The van der Waals surface area contributed by atoms with Gasteiger partial charge >= 0.3 is 5.97 Å². The van der Waals surface area contributed by atoms with Crippen LogP contribution in [0.3, 0.4) is 0 Å². The second-order valence-corrected chi connectivity index (χ2v) is 7.62. The van der Waals surface area contributed by atoms with Crippen LogP contribution in [-0.4, -0.2) is 53.5 Å². The Labute approximate surface area is 170 Å². The first-order valence-corrected chi connectivity index (χ1v) is 9.72. The summed E-state index contributed by atoms with van der Waals surface area (Å²) < 4.78 is 7.19. The number of hydrogen-bond donors (Lipinski definition) is 1. The molecule has 0 spiro atoms. The van der Waals surface area contributed by atoms with E-state index in [1.165, 1.54) is 11.9 Å². The number of likely N-dealkylation sites (N-methyl/N-ethyl adjacent to an activating group) is 1. The standard InChI is InChI=1S/C22H27N3O4/c1-14-5-9-18(10-6-14)25-15(2)11-19(16(25)3)22(28)29-13-21(27)24(4)12-20(26)23-17-7-8-17/h5-6,9-11,17H,7-8,12-13H2,1-4H3,(H,23,26). The van der Waals surface area contributed by atoms with Crippen molar-refractivity contribution in [1.82, 2.24) is 14.8 Å². The number of carbonyl (C=O) groups excluding carboxylic acids is 3. The third kappa shape index (κ3) is 5.04. The van der Waals surface area contributed by atoms with Gasteiger partial charge in [0.2, 0.25) is 5.91 Å². The molecule has 0 unspecified atom stereocenters. The first kappa shape index (κ1) is 20.6. The minimum absolute atomic E-state index is 0.0468. The van der Waals surface area contributed by atoms with Crippen molar-refractivity contribution in [1.29, 1.82) is 0 Å². The summed E-state index contributed by atoms with van der Waals surface area (Å²) in [7, 11) is 1.52. The van der Waals surface area contributed by atoms with E-state index >= 15 is 0 Å². The third-order valence-electron chi connectivity index (χ3n) is 5.02. The van der Waals surface area contributed by atoms with Gasteiger partial charge in [0.15, 0.2) is 6.61 Å². The van der Waals surface area contributed by atoms with Crippen molar-refractivity contribution < 1.29 is 19.1 Å². The molecule has 1 aliphatic rings. The molecule has 0 aliphatic heterocycles. The molecule has 2 amide bonds. The molecule has 7 nitrogen and oxygen atoms in total. The maximum Gasteiger partial charge on any atom is 0.340 e. The summed E-state index contributed by atoms with van der Waals surface area (Å²) in [4.78, 5) is 37.8. The maximum absolute atomic E-state index is 12.5. The zero-order valence-electron chi connectivity index (χ0n) is 17.3. The maximum atomic E-state index is 12.5. The summed E-state index contributed by atoms with van der Waals surface area (Å²) in [6.45, 7) is 5.33. The lowest BCUT2D eigenvalue weighted by Crippen LogP contribution is -2.40. The number of benzene rings is 1. The van der Waals surface area contributed by atoms with E-state index < -0.39 is 18.5 Å². The molecule has 154 valence electrons. The highest BCUT2D eigenvalue weighted by molar-refractivity contribution is 5.93. The van der Waals surface area contributed by atoms with Crippen LogP contribution in [0.15, 0.2) is 30.3 Å². The Morgan fingerprint density at radius 1 is 1.14 bits per heavy atom. The summed E-state index contributed by atoms with van der Waals surface area (Å²) >= 11 is 0. The van der Waals surface area contributed by atoms with Gasteiger partial charge in [-0.25, -0.2) is 4.79 Å². The van der Waals surface area contributed by atoms with Crippen LogP contribution in [0, 0.1) is 20.8 Å². The normalized spacial score (nSPS) is 13.1. The fourth-order valence-corrected chi connectivity index (χ4v) is 3.18. The Balaban J connectivity index is 1.60. The first-order chi connectivity index (χ1) is 13.8. The molecular formula is C22H27N3O4. The molecule has 1 aromatic heterocycles. The molecule has 1 N–H and O–H groups in total. The lowest BCUT2D eigenvalue weighted by atomic mass is 10.2. The van der Waals surface area contributed by atoms with Crippen LogP contribution < -0.4 is 5.32 Å². The Hall–Kier alpha value is -3.09. The van der Waals surface area contributed by atoms with Gasteiger partial charge in [-0.05, 0) is 51.8 Å². The number of amides is 2. The lowest BCUT2D eigenvalue weighted by Gasteiger charge is -2.16. The van der Waals surface area contributed by atoms with Gasteiger partial charge in [0.1, 0.15) is 0 Å². The molecule has 7 heteroatoms. The number of rotatable bonds is 7. The van der Waals surface area contributed by atoms with Crippen LogP contribution in [0.1, 0.15) is 40.2 Å². The predicted octanol–water partition coefficient (Wildman–Crippen LogP) is 2.30. The van der Waals surface area contributed by atoms with E-state index in [1.54, 1.807) is 6.07 Å². The Morgan fingerprint density at radius 2 is 1.79 bits per heavy atom. The van der Waals surface area contributed by atoms with E-state index in [2.05, 4.69) is 5.32 Å². The second kappa shape index (κ2) is 8.51. The van der Waals surface area contributed by atoms with E-state index in [9.17, 15) is 14.4 Å². The van der Waals surface area contributed by atoms with E-state index in [4.69, 9.17) is 4.74 Å². The number of nitrogens with zero attached hydrogens (tertiary/aromatic N) is 2. The van der Waals surface area contributed by atoms with Crippen LogP contribution in [0.4, 0.5) is 0 Å². The Kier molecular flexibility index (Phi) is 6.06. The fourth-order valence-electron chi connectivity index (χ4n) is 3.18. The molecule has 0 radical (unpaired) electrons. The van der Waals surface area contributed by atoms with Crippen molar-refractivity contribution in [2.45, 2.75) is 39.7 Å². The van der Waals surface area contributed by atoms with E-state index in [1.807, 2.05) is 49.6 Å². The van der Waals surface area contributed by atoms with Gasteiger partial charge in [-0.15, -0.1) is 0 Å². The summed E-state index contributed by atoms with van der Waals surface area (Å²) in [6.07, 6.45) is 1.98. The molecule has 2 aromatic rings. The molecule has 3 rings (SSSR count). The number of aromatic nitrogens is 1. The molecule has 1 heterocycles. The van der Waals surface area contributed by atoms with Crippen LogP contribution in [-0.2, 0) is 14.3 Å². The molecule has 1 aliphatic carbocycles. The molecular weight excluding hydrogens is 370 g/mol. The largest absolute Gasteiger partial charge is 0.452 e. The predicted molar refractivity (Wildman–Crippen MR) is 109 cm³/mol. The number of hydrogen-bond acceptors (Lipinski definition) is 4. The van der Waals surface area contributed by atoms with Gasteiger partial charge < -0.3 is 19.5 Å². The highest BCUT2D eigenvalue weighted by Gasteiger charge is 2.25. The number of esters is 1. The molecule has 1 fully saturated rings.